The number of aromatic nitrogens is 1. The maximum Gasteiger partial charge on any atom is 0.134 e. The summed E-state index contributed by atoms with van der Waals surface area (Å²) in [5.74, 6) is 0.304. The smallest absolute Gasteiger partial charge is 0.134 e. The van der Waals surface area contributed by atoms with Gasteiger partial charge in [0.2, 0.25) is 0 Å². The van der Waals surface area contributed by atoms with Gasteiger partial charge in [0.1, 0.15) is 18.2 Å². The van der Waals surface area contributed by atoms with Crippen LogP contribution in [0.15, 0.2) is 40.9 Å². The number of ether oxygens (including phenoxy) is 1. The molecule has 0 aliphatic heterocycles. The molecule has 0 fully saturated rings. The van der Waals surface area contributed by atoms with Gasteiger partial charge in [0, 0.05) is 12.6 Å². The minimum absolute atomic E-state index is 0.297. The van der Waals surface area contributed by atoms with Crippen molar-refractivity contribution in [1.29, 1.82) is 0 Å². The Morgan fingerprint density at radius 1 is 1.24 bits per heavy atom. The van der Waals surface area contributed by atoms with Crippen LogP contribution < -0.4 is 10.1 Å². The first kappa shape index (κ1) is 15.9. The standard InChI is InChI=1S/C16H18BrFN2O/c1-11(2)19-9-13-4-3-5-14(20-13)10-21-16-7-6-12(18)8-15(16)17/h3-8,11,19H,9-10H2,1-2H3. The van der Waals surface area contributed by atoms with Crippen LogP contribution in [0.4, 0.5) is 4.39 Å². The Bertz CT molecular complexity index is 605. The highest BCUT2D eigenvalue weighted by molar-refractivity contribution is 9.10. The van der Waals surface area contributed by atoms with Gasteiger partial charge >= 0.3 is 0 Å². The number of hydrogen-bond acceptors (Lipinski definition) is 3. The Hall–Kier alpha value is -1.46. The van der Waals surface area contributed by atoms with Gasteiger partial charge in [-0.05, 0) is 46.3 Å². The maximum absolute atomic E-state index is 13.0. The summed E-state index contributed by atoms with van der Waals surface area (Å²) in [6.07, 6.45) is 0. The molecule has 21 heavy (non-hydrogen) atoms. The van der Waals surface area contributed by atoms with Crippen molar-refractivity contribution in [3.63, 3.8) is 0 Å². The molecule has 5 heteroatoms. The predicted molar refractivity (Wildman–Crippen MR) is 84.6 cm³/mol. The Morgan fingerprint density at radius 3 is 2.71 bits per heavy atom. The minimum atomic E-state index is -0.297. The summed E-state index contributed by atoms with van der Waals surface area (Å²) in [7, 11) is 0. The molecule has 1 heterocycles. The molecule has 1 aromatic carbocycles. The summed E-state index contributed by atoms with van der Waals surface area (Å²) in [6.45, 7) is 5.27. The normalized spacial score (nSPS) is 10.9. The SMILES string of the molecule is CC(C)NCc1cccc(COc2ccc(F)cc2Br)n1. The van der Waals surface area contributed by atoms with Crippen molar-refractivity contribution >= 4 is 15.9 Å². The summed E-state index contributed by atoms with van der Waals surface area (Å²) in [5, 5.41) is 3.33. The molecule has 0 aliphatic carbocycles. The Morgan fingerprint density at radius 2 is 2.00 bits per heavy atom. The molecule has 0 spiro atoms. The first-order chi connectivity index (χ1) is 10.0. The molecule has 112 valence electrons. The Balaban J connectivity index is 1.98. The third-order valence-corrected chi connectivity index (χ3v) is 3.45. The van der Waals surface area contributed by atoms with E-state index in [0.29, 0.717) is 22.9 Å². The zero-order valence-corrected chi connectivity index (χ0v) is 13.7. The molecule has 0 aliphatic rings. The molecule has 1 N–H and O–H groups in total. The van der Waals surface area contributed by atoms with E-state index in [-0.39, 0.29) is 5.82 Å². The monoisotopic (exact) mass is 352 g/mol. The van der Waals surface area contributed by atoms with Crippen molar-refractivity contribution in [3.05, 3.63) is 58.1 Å². The van der Waals surface area contributed by atoms with E-state index < -0.39 is 0 Å². The molecule has 2 aromatic rings. The highest BCUT2D eigenvalue weighted by atomic mass is 79.9. The number of hydrogen-bond donors (Lipinski definition) is 1. The Labute approximate surface area is 132 Å². The van der Waals surface area contributed by atoms with Crippen LogP contribution in [0.5, 0.6) is 5.75 Å². The second kappa shape index (κ2) is 7.52. The number of halogens is 2. The first-order valence-corrected chi connectivity index (χ1v) is 7.60. The lowest BCUT2D eigenvalue weighted by molar-refractivity contribution is 0.298. The molecule has 2 rings (SSSR count). The van der Waals surface area contributed by atoms with Gasteiger partial charge in [0.25, 0.3) is 0 Å². The van der Waals surface area contributed by atoms with Crippen molar-refractivity contribution in [2.75, 3.05) is 0 Å². The van der Waals surface area contributed by atoms with Crippen molar-refractivity contribution in [2.24, 2.45) is 0 Å². The highest BCUT2D eigenvalue weighted by Crippen LogP contribution is 2.26. The van der Waals surface area contributed by atoms with Gasteiger partial charge in [-0.3, -0.25) is 4.98 Å². The minimum Gasteiger partial charge on any atom is -0.486 e. The van der Waals surface area contributed by atoms with E-state index in [2.05, 4.69) is 40.1 Å². The summed E-state index contributed by atoms with van der Waals surface area (Å²) in [4.78, 5) is 4.53. The van der Waals surface area contributed by atoms with E-state index in [1.807, 2.05) is 18.2 Å². The van der Waals surface area contributed by atoms with Crippen LogP contribution in [-0.4, -0.2) is 11.0 Å². The topological polar surface area (TPSA) is 34.1 Å². The summed E-state index contributed by atoms with van der Waals surface area (Å²) in [6, 6.07) is 10.6. The molecule has 0 bridgehead atoms. The van der Waals surface area contributed by atoms with E-state index in [4.69, 9.17) is 4.74 Å². The molecule has 0 saturated heterocycles. The van der Waals surface area contributed by atoms with Crippen molar-refractivity contribution in [1.82, 2.24) is 10.3 Å². The molecule has 0 amide bonds. The van der Waals surface area contributed by atoms with Gasteiger partial charge in [0.15, 0.2) is 0 Å². The van der Waals surface area contributed by atoms with Crippen LogP contribution in [0.2, 0.25) is 0 Å². The molecule has 1 aromatic heterocycles. The van der Waals surface area contributed by atoms with E-state index >= 15 is 0 Å². The van der Waals surface area contributed by atoms with Gasteiger partial charge in [-0.2, -0.15) is 0 Å². The van der Waals surface area contributed by atoms with E-state index in [0.717, 1.165) is 17.9 Å². The largest absolute Gasteiger partial charge is 0.486 e. The fourth-order valence-electron chi connectivity index (χ4n) is 1.76. The van der Waals surface area contributed by atoms with Gasteiger partial charge in [-0.25, -0.2) is 4.39 Å². The summed E-state index contributed by atoms with van der Waals surface area (Å²) >= 11 is 3.28. The van der Waals surface area contributed by atoms with Crippen LogP contribution in [0.3, 0.4) is 0 Å². The number of nitrogens with zero attached hydrogens (tertiary/aromatic N) is 1. The average Bonchev–Trinajstić information content (AvgIpc) is 2.45. The zero-order chi connectivity index (χ0) is 15.2. The zero-order valence-electron chi connectivity index (χ0n) is 12.1. The lowest BCUT2D eigenvalue weighted by Gasteiger charge is -2.10. The van der Waals surface area contributed by atoms with Gasteiger partial charge in [-0.15, -0.1) is 0 Å². The maximum atomic E-state index is 13.0. The fraction of sp³-hybridized carbons (Fsp3) is 0.312. The predicted octanol–water partition coefficient (Wildman–Crippen LogP) is 4.06. The molecule has 0 atom stereocenters. The van der Waals surface area contributed by atoms with Crippen LogP contribution in [-0.2, 0) is 13.2 Å². The lowest BCUT2D eigenvalue weighted by Crippen LogP contribution is -2.22. The molecular formula is C16H18BrFN2O. The second-order valence-corrected chi connectivity index (χ2v) is 5.87. The molecule has 3 nitrogen and oxygen atoms in total. The first-order valence-electron chi connectivity index (χ1n) is 6.80. The third-order valence-electron chi connectivity index (χ3n) is 2.83. The van der Waals surface area contributed by atoms with E-state index in [1.165, 1.54) is 12.1 Å². The number of rotatable bonds is 6. The third kappa shape index (κ3) is 5.10. The average molecular weight is 353 g/mol. The van der Waals surface area contributed by atoms with Crippen LogP contribution >= 0.6 is 15.9 Å². The molecule has 0 unspecified atom stereocenters. The van der Waals surface area contributed by atoms with Crippen LogP contribution in [0, 0.1) is 5.82 Å². The number of pyridine rings is 1. The van der Waals surface area contributed by atoms with Crippen LogP contribution in [0.1, 0.15) is 25.2 Å². The number of benzene rings is 1. The number of nitrogens with one attached hydrogen (secondary N) is 1. The van der Waals surface area contributed by atoms with E-state index in [1.54, 1.807) is 6.07 Å². The molecule has 0 saturated carbocycles. The van der Waals surface area contributed by atoms with Gasteiger partial charge in [-0.1, -0.05) is 19.9 Å². The second-order valence-electron chi connectivity index (χ2n) is 5.02. The van der Waals surface area contributed by atoms with Gasteiger partial charge < -0.3 is 10.1 Å². The highest BCUT2D eigenvalue weighted by Gasteiger charge is 2.04. The fourth-order valence-corrected chi connectivity index (χ4v) is 2.23. The van der Waals surface area contributed by atoms with Gasteiger partial charge in [0.05, 0.1) is 15.9 Å². The Kier molecular flexibility index (Phi) is 5.70. The molecule has 0 radical (unpaired) electrons. The lowest BCUT2D eigenvalue weighted by atomic mass is 10.3. The van der Waals surface area contributed by atoms with E-state index in [9.17, 15) is 4.39 Å². The van der Waals surface area contributed by atoms with Crippen molar-refractivity contribution < 1.29 is 9.13 Å². The molecular weight excluding hydrogens is 335 g/mol. The summed E-state index contributed by atoms with van der Waals surface area (Å²) in [5.41, 5.74) is 1.82. The van der Waals surface area contributed by atoms with Crippen molar-refractivity contribution in [2.45, 2.75) is 33.0 Å². The quantitative estimate of drug-likeness (QED) is 0.851. The summed E-state index contributed by atoms with van der Waals surface area (Å²) < 4.78 is 19.3. The van der Waals surface area contributed by atoms with Crippen LogP contribution in [0.25, 0.3) is 0 Å². The van der Waals surface area contributed by atoms with Crippen molar-refractivity contribution in [3.8, 4) is 5.75 Å².